The minimum atomic E-state index is -0.254. The maximum atomic E-state index is 12.8. The first kappa shape index (κ1) is 11.0. The molecule has 1 aromatic carbocycles. The molecule has 0 bridgehead atoms. The highest BCUT2D eigenvalue weighted by molar-refractivity contribution is 5.32. The second-order valence-electron chi connectivity index (χ2n) is 3.56. The topological polar surface area (TPSA) is 12.5 Å². The molecule has 0 spiro atoms. The molecule has 0 aliphatic heterocycles. The zero-order chi connectivity index (χ0) is 10.6. The number of hydrogen-bond acceptors (Lipinski definition) is 2. The smallest absolute Gasteiger partial charge is 0.126 e. The van der Waals surface area contributed by atoms with Gasteiger partial charge in [-0.05, 0) is 32.6 Å². The first-order chi connectivity index (χ1) is 6.59. The fourth-order valence-electron chi connectivity index (χ4n) is 1.07. The summed E-state index contributed by atoms with van der Waals surface area (Å²) in [5.41, 5.74) is 0.963. The van der Waals surface area contributed by atoms with E-state index in [2.05, 4.69) is 0 Å². The normalized spacial score (nSPS) is 10.6. The highest BCUT2D eigenvalue weighted by atomic mass is 19.1. The Labute approximate surface area is 84.3 Å². The summed E-state index contributed by atoms with van der Waals surface area (Å²) in [6, 6.07) is 4.58. The highest BCUT2D eigenvalue weighted by Crippen LogP contribution is 2.18. The second-order valence-corrected chi connectivity index (χ2v) is 3.56. The molecule has 1 aromatic rings. The molecule has 0 heterocycles. The molecule has 0 atom stereocenters. The number of nitrogens with zero attached hydrogens (tertiary/aromatic N) is 1. The van der Waals surface area contributed by atoms with E-state index < -0.39 is 0 Å². The van der Waals surface area contributed by atoms with Crippen molar-refractivity contribution in [3.05, 3.63) is 29.6 Å². The van der Waals surface area contributed by atoms with Crippen molar-refractivity contribution in [1.82, 2.24) is 4.90 Å². The van der Waals surface area contributed by atoms with Crippen LogP contribution >= 0.6 is 0 Å². The van der Waals surface area contributed by atoms with E-state index in [1.54, 1.807) is 6.07 Å². The Hall–Kier alpha value is -1.09. The molecule has 0 aromatic heterocycles. The molecule has 0 amide bonds. The summed E-state index contributed by atoms with van der Waals surface area (Å²) in [6.07, 6.45) is 0. The minimum Gasteiger partial charge on any atom is -0.492 e. The van der Waals surface area contributed by atoms with E-state index in [0.717, 1.165) is 12.1 Å². The van der Waals surface area contributed by atoms with Crippen molar-refractivity contribution in [3.8, 4) is 5.75 Å². The molecule has 0 saturated heterocycles. The Balaban J connectivity index is 2.53. The van der Waals surface area contributed by atoms with Crippen LogP contribution < -0.4 is 4.74 Å². The van der Waals surface area contributed by atoms with Gasteiger partial charge in [-0.2, -0.15) is 0 Å². The number of halogens is 1. The van der Waals surface area contributed by atoms with Crippen LogP contribution in [0.1, 0.15) is 5.56 Å². The van der Waals surface area contributed by atoms with Gasteiger partial charge >= 0.3 is 0 Å². The Bertz CT molecular complexity index is 299. The lowest BCUT2D eigenvalue weighted by molar-refractivity contribution is 0.259. The minimum absolute atomic E-state index is 0.254. The maximum Gasteiger partial charge on any atom is 0.126 e. The van der Waals surface area contributed by atoms with Gasteiger partial charge in [-0.15, -0.1) is 0 Å². The lowest BCUT2D eigenvalue weighted by Gasteiger charge is -2.12. The van der Waals surface area contributed by atoms with Gasteiger partial charge in [0.15, 0.2) is 0 Å². The average Bonchev–Trinajstić information content (AvgIpc) is 2.10. The summed E-state index contributed by atoms with van der Waals surface area (Å²) in [4.78, 5) is 2.02. The Morgan fingerprint density at radius 3 is 2.71 bits per heavy atom. The molecule has 0 aliphatic carbocycles. The van der Waals surface area contributed by atoms with Crippen LogP contribution in [-0.2, 0) is 0 Å². The third-order valence-corrected chi connectivity index (χ3v) is 1.95. The van der Waals surface area contributed by atoms with E-state index in [1.165, 1.54) is 12.1 Å². The lowest BCUT2D eigenvalue weighted by Crippen LogP contribution is -2.19. The molecular weight excluding hydrogens is 181 g/mol. The molecule has 0 N–H and O–H groups in total. The summed E-state index contributed by atoms with van der Waals surface area (Å²) in [7, 11) is 3.95. The Kier molecular flexibility index (Phi) is 3.89. The molecule has 2 nitrogen and oxygen atoms in total. The van der Waals surface area contributed by atoms with Crippen LogP contribution in [0.4, 0.5) is 4.39 Å². The number of aryl methyl sites for hydroxylation is 1. The molecule has 1 rings (SSSR count). The predicted octanol–water partition coefficient (Wildman–Crippen LogP) is 2.07. The van der Waals surface area contributed by atoms with Gasteiger partial charge in [0, 0.05) is 12.6 Å². The largest absolute Gasteiger partial charge is 0.492 e. The molecule has 0 aliphatic rings. The van der Waals surface area contributed by atoms with Crippen molar-refractivity contribution in [1.29, 1.82) is 0 Å². The van der Waals surface area contributed by atoms with E-state index in [4.69, 9.17) is 4.74 Å². The zero-order valence-corrected chi connectivity index (χ0v) is 8.88. The van der Waals surface area contributed by atoms with E-state index >= 15 is 0 Å². The van der Waals surface area contributed by atoms with Crippen molar-refractivity contribution >= 4 is 0 Å². The van der Waals surface area contributed by atoms with Gasteiger partial charge < -0.3 is 9.64 Å². The monoisotopic (exact) mass is 197 g/mol. The summed E-state index contributed by atoms with van der Waals surface area (Å²) < 4.78 is 18.3. The third-order valence-electron chi connectivity index (χ3n) is 1.95. The summed E-state index contributed by atoms with van der Waals surface area (Å²) in [5, 5.41) is 0. The number of rotatable bonds is 4. The van der Waals surface area contributed by atoms with E-state index in [-0.39, 0.29) is 5.82 Å². The van der Waals surface area contributed by atoms with E-state index in [1.807, 2.05) is 25.9 Å². The lowest BCUT2D eigenvalue weighted by atomic mass is 10.2. The second kappa shape index (κ2) is 4.96. The Morgan fingerprint density at radius 2 is 2.07 bits per heavy atom. The molecule has 0 fully saturated rings. The molecule has 14 heavy (non-hydrogen) atoms. The van der Waals surface area contributed by atoms with Gasteiger partial charge in [0.2, 0.25) is 0 Å². The molecule has 0 radical (unpaired) electrons. The van der Waals surface area contributed by atoms with Crippen LogP contribution in [-0.4, -0.2) is 32.1 Å². The first-order valence-corrected chi connectivity index (χ1v) is 4.63. The van der Waals surface area contributed by atoms with Crippen molar-refractivity contribution in [2.24, 2.45) is 0 Å². The Morgan fingerprint density at radius 1 is 1.36 bits per heavy atom. The van der Waals surface area contributed by atoms with Gasteiger partial charge in [-0.1, -0.05) is 6.07 Å². The van der Waals surface area contributed by atoms with Gasteiger partial charge in [0.1, 0.15) is 18.2 Å². The first-order valence-electron chi connectivity index (χ1n) is 4.63. The van der Waals surface area contributed by atoms with Crippen LogP contribution in [0.3, 0.4) is 0 Å². The summed E-state index contributed by atoms with van der Waals surface area (Å²) in [5.74, 6) is 0.377. The maximum absolute atomic E-state index is 12.8. The van der Waals surface area contributed by atoms with Crippen molar-refractivity contribution in [2.45, 2.75) is 6.92 Å². The zero-order valence-electron chi connectivity index (χ0n) is 8.88. The van der Waals surface area contributed by atoms with Crippen LogP contribution in [0.15, 0.2) is 18.2 Å². The van der Waals surface area contributed by atoms with Crippen LogP contribution in [0, 0.1) is 12.7 Å². The van der Waals surface area contributed by atoms with E-state index in [0.29, 0.717) is 12.4 Å². The van der Waals surface area contributed by atoms with Crippen LogP contribution in [0.2, 0.25) is 0 Å². The van der Waals surface area contributed by atoms with Gasteiger partial charge in [0.25, 0.3) is 0 Å². The molecule has 78 valence electrons. The van der Waals surface area contributed by atoms with E-state index in [9.17, 15) is 4.39 Å². The van der Waals surface area contributed by atoms with Gasteiger partial charge in [-0.3, -0.25) is 0 Å². The molecule has 0 saturated carbocycles. The summed E-state index contributed by atoms with van der Waals surface area (Å²) in [6.45, 7) is 3.32. The number of likely N-dealkylation sites (N-methyl/N-ethyl adjacent to an activating group) is 1. The van der Waals surface area contributed by atoms with Gasteiger partial charge in [0.05, 0.1) is 0 Å². The average molecular weight is 197 g/mol. The highest BCUT2D eigenvalue weighted by Gasteiger charge is 2.01. The summed E-state index contributed by atoms with van der Waals surface area (Å²) >= 11 is 0. The molecule has 3 heteroatoms. The van der Waals surface area contributed by atoms with Gasteiger partial charge in [-0.25, -0.2) is 4.39 Å². The van der Waals surface area contributed by atoms with Crippen molar-refractivity contribution < 1.29 is 9.13 Å². The fraction of sp³-hybridized carbons (Fsp3) is 0.455. The molecule has 0 unspecified atom stereocenters. The van der Waals surface area contributed by atoms with Crippen molar-refractivity contribution in [2.75, 3.05) is 27.2 Å². The SMILES string of the molecule is Cc1ccc(F)cc1OCCN(C)C. The van der Waals surface area contributed by atoms with Crippen molar-refractivity contribution in [3.63, 3.8) is 0 Å². The quantitative estimate of drug-likeness (QED) is 0.732. The standard InChI is InChI=1S/C11H16FNO/c1-9-4-5-10(12)8-11(9)14-7-6-13(2)3/h4-5,8H,6-7H2,1-3H3. The number of hydrogen-bond donors (Lipinski definition) is 0. The predicted molar refractivity (Wildman–Crippen MR) is 55.2 cm³/mol. The van der Waals surface area contributed by atoms with Crippen LogP contribution in [0.25, 0.3) is 0 Å². The number of benzene rings is 1. The van der Waals surface area contributed by atoms with Crippen LogP contribution in [0.5, 0.6) is 5.75 Å². The molecular formula is C11H16FNO. The third kappa shape index (κ3) is 3.34. The fourth-order valence-corrected chi connectivity index (χ4v) is 1.07. The number of ether oxygens (including phenoxy) is 1.